The Labute approximate surface area is 109 Å². The van der Waals surface area contributed by atoms with Crippen LogP contribution in [0.3, 0.4) is 0 Å². The maximum absolute atomic E-state index is 10.6. The molecule has 0 unspecified atom stereocenters. The Morgan fingerprint density at radius 3 is 2.82 bits per heavy atom. The number of hydrogen-bond donors (Lipinski definition) is 1. The first-order chi connectivity index (χ1) is 8.09. The maximum Gasteiger partial charge on any atom is 0.160 e. The number of hydrogen-bond acceptors (Lipinski definition) is 4. The Morgan fingerprint density at radius 1 is 1.41 bits per heavy atom. The van der Waals surface area contributed by atoms with Gasteiger partial charge in [-0.2, -0.15) is 0 Å². The van der Waals surface area contributed by atoms with Crippen molar-refractivity contribution in [1.82, 2.24) is 0 Å². The summed E-state index contributed by atoms with van der Waals surface area (Å²) in [5.74, 6) is 0.556. The molecule has 0 aliphatic heterocycles. The highest BCUT2D eigenvalue weighted by Gasteiger charge is 2.02. The quantitative estimate of drug-likeness (QED) is 0.786. The summed E-state index contributed by atoms with van der Waals surface area (Å²) in [5.41, 5.74) is 0. The van der Waals surface area contributed by atoms with Crippen molar-refractivity contribution in [2.24, 2.45) is 0 Å². The van der Waals surface area contributed by atoms with Crippen molar-refractivity contribution in [2.75, 3.05) is 19.8 Å². The lowest BCUT2D eigenvalue weighted by atomic mass is 10.3. The van der Waals surface area contributed by atoms with Crippen molar-refractivity contribution in [2.45, 2.75) is 13.3 Å². The third kappa shape index (κ3) is 5.70. The zero-order valence-corrected chi connectivity index (χ0v) is 11.2. The zero-order valence-electron chi connectivity index (χ0n) is 9.61. The Hall–Kier alpha value is -1.07. The van der Waals surface area contributed by atoms with Crippen molar-refractivity contribution in [1.29, 1.82) is 0 Å². The van der Waals surface area contributed by atoms with Gasteiger partial charge >= 0.3 is 0 Å². The van der Waals surface area contributed by atoms with Crippen LogP contribution in [0.25, 0.3) is 0 Å². The molecule has 0 aromatic heterocycles. The summed E-state index contributed by atoms with van der Waals surface area (Å²) in [6.45, 7) is 2.53. The molecule has 0 heterocycles. The number of benzene rings is 1. The van der Waals surface area contributed by atoms with Crippen LogP contribution >= 0.6 is 15.9 Å². The van der Waals surface area contributed by atoms with Crippen LogP contribution in [-0.4, -0.2) is 30.7 Å². The van der Waals surface area contributed by atoms with Crippen molar-refractivity contribution in [3.8, 4) is 11.5 Å². The summed E-state index contributed by atoms with van der Waals surface area (Å²) in [4.78, 5) is 10.6. The number of carbonyl (C=O) groups is 1. The minimum absolute atomic E-state index is 0.0106. The molecular formula is C12H15BrO4. The van der Waals surface area contributed by atoms with Crippen molar-refractivity contribution < 1.29 is 19.4 Å². The third-order valence-electron chi connectivity index (χ3n) is 1.92. The first kappa shape index (κ1) is 14.0. The van der Waals surface area contributed by atoms with Crippen molar-refractivity contribution >= 4 is 21.7 Å². The van der Waals surface area contributed by atoms with Gasteiger partial charge in [0.2, 0.25) is 0 Å². The van der Waals surface area contributed by atoms with E-state index in [1.807, 2.05) is 0 Å². The number of phenolic OH excluding ortho intramolecular Hbond substituents is 1. The van der Waals surface area contributed by atoms with E-state index in [1.165, 1.54) is 6.92 Å². The Kier molecular flexibility index (Phi) is 6.00. The fourth-order valence-corrected chi connectivity index (χ4v) is 1.52. The lowest BCUT2D eigenvalue weighted by Crippen LogP contribution is -2.08. The summed E-state index contributed by atoms with van der Waals surface area (Å²) >= 11 is 3.24. The van der Waals surface area contributed by atoms with Crippen molar-refractivity contribution in [3.05, 3.63) is 22.7 Å². The highest BCUT2D eigenvalue weighted by Crippen LogP contribution is 2.28. The molecular weight excluding hydrogens is 288 g/mol. The number of ether oxygens (including phenoxy) is 2. The minimum atomic E-state index is 0.0106. The second kappa shape index (κ2) is 7.29. The topological polar surface area (TPSA) is 55.8 Å². The molecule has 1 rings (SSSR count). The van der Waals surface area contributed by atoms with E-state index in [4.69, 9.17) is 9.47 Å². The van der Waals surface area contributed by atoms with Gasteiger partial charge in [-0.1, -0.05) is 15.9 Å². The van der Waals surface area contributed by atoms with Gasteiger partial charge in [0.25, 0.3) is 0 Å². The Morgan fingerprint density at radius 2 is 2.18 bits per heavy atom. The molecule has 0 atom stereocenters. The smallest absolute Gasteiger partial charge is 0.160 e. The number of rotatable bonds is 7. The molecule has 0 aliphatic rings. The third-order valence-corrected chi connectivity index (χ3v) is 2.41. The van der Waals surface area contributed by atoms with E-state index in [0.717, 1.165) is 4.47 Å². The fourth-order valence-electron chi connectivity index (χ4n) is 1.17. The molecule has 0 saturated heterocycles. The van der Waals surface area contributed by atoms with E-state index in [2.05, 4.69) is 15.9 Å². The number of ketones is 1. The summed E-state index contributed by atoms with van der Waals surface area (Å²) in [6, 6.07) is 5.05. The van der Waals surface area contributed by atoms with Gasteiger partial charge < -0.3 is 14.6 Å². The second-order valence-corrected chi connectivity index (χ2v) is 4.48. The van der Waals surface area contributed by atoms with Gasteiger partial charge in [0.15, 0.2) is 17.3 Å². The number of phenols is 1. The van der Waals surface area contributed by atoms with E-state index < -0.39 is 0 Å². The minimum Gasteiger partial charge on any atom is -0.504 e. The monoisotopic (exact) mass is 302 g/mol. The molecule has 0 fully saturated rings. The average Bonchev–Trinajstić information content (AvgIpc) is 2.25. The first-order valence-corrected chi connectivity index (χ1v) is 6.07. The highest BCUT2D eigenvalue weighted by atomic mass is 79.9. The SMILES string of the molecule is CC(=O)COCCCOc1ccc(Br)cc1O. The van der Waals surface area contributed by atoms with E-state index in [-0.39, 0.29) is 18.1 Å². The zero-order chi connectivity index (χ0) is 12.7. The molecule has 1 N–H and O–H groups in total. The van der Waals surface area contributed by atoms with E-state index in [1.54, 1.807) is 18.2 Å². The number of aromatic hydroxyl groups is 1. The number of Topliss-reactive ketones (excluding diaryl/α,β-unsaturated/α-hetero) is 1. The van der Waals surface area contributed by atoms with Crippen LogP contribution in [0.2, 0.25) is 0 Å². The summed E-state index contributed by atoms with van der Waals surface area (Å²) in [6.07, 6.45) is 0.669. The highest BCUT2D eigenvalue weighted by molar-refractivity contribution is 9.10. The largest absolute Gasteiger partial charge is 0.504 e. The molecule has 4 nitrogen and oxygen atoms in total. The molecule has 1 aromatic rings. The Balaban J connectivity index is 2.20. The van der Waals surface area contributed by atoms with Gasteiger partial charge in [-0.3, -0.25) is 4.79 Å². The molecule has 94 valence electrons. The van der Waals surface area contributed by atoms with Crippen LogP contribution in [0.15, 0.2) is 22.7 Å². The van der Waals surface area contributed by atoms with Crippen LogP contribution in [0.1, 0.15) is 13.3 Å². The summed E-state index contributed by atoms with van der Waals surface area (Å²) in [5, 5.41) is 9.54. The van der Waals surface area contributed by atoms with E-state index in [9.17, 15) is 9.90 Å². The molecule has 5 heteroatoms. The lowest BCUT2D eigenvalue weighted by molar-refractivity contribution is -0.121. The van der Waals surface area contributed by atoms with Crippen LogP contribution in [0, 0.1) is 0 Å². The predicted octanol–water partition coefficient (Wildman–Crippen LogP) is 2.53. The predicted molar refractivity (Wildman–Crippen MR) is 67.4 cm³/mol. The maximum atomic E-state index is 10.6. The van der Waals surface area contributed by atoms with E-state index in [0.29, 0.717) is 25.4 Å². The number of halogens is 1. The molecule has 0 saturated carbocycles. The van der Waals surface area contributed by atoms with Crippen LogP contribution < -0.4 is 4.74 Å². The molecule has 17 heavy (non-hydrogen) atoms. The second-order valence-electron chi connectivity index (χ2n) is 3.57. The molecule has 0 amide bonds. The summed E-state index contributed by atoms with van der Waals surface area (Å²) in [7, 11) is 0. The fraction of sp³-hybridized carbons (Fsp3) is 0.417. The van der Waals surface area contributed by atoms with Crippen LogP contribution in [-0.2, 0) is 9.53 Å². The van der Waals surface area contributed by atoms with Gasteiger partial charge in [0.05, 0.1) is 13.2 Å². The lowest BCUT2D eigenvalue weighted by Gasteiger charge is -2.08. The van der Waals surface area contributed by atoms with Gasteiger partial charge in [0, 0.05) is 10.9 Å². The molecule has 0 spiro atoms. The normalized spacial score (nSPS) is 10.2. The average molecular weight is 303 g/mol. The van der Waals surface area contributed by atoms with Gasteiger partial charge in [-0.15, -0.1) is 0 Å². The van der Waals surface area contributed by atoms with Gasteiger partial charge in [0.1, 0.15) is 6.61 Å². The van der Waals surface area contributed by atoms with Crippen molar-refractivity contribution in [3.63, 3.8) is 0 Å². The van der Waals surface area contributed by atoms with E-state index >= 15 is 0 Å². The van der Waals surface area contributed by atoms with Crippen LogP contribution in [0.5, 0.6) is 11.5 Å². The molecule has 0 bridgehead atoms. The molecule has 0 aliphatic carbocycles. The van der Waals surface area contributed by atoms with Crippen LogP contribution in [0.4, 0.5) is 0 Å². The number of carbonyl (C=O) groups excluding carboxylic acids is 1. The molecule has 1 aromatic carbocycles. The first-order valence-electron chi connectivity index (χ1n) is 5.28. The standard InChI is InChI=1S/C12H15BrO4/c1-9(14)8-16-5-2-6-17-12-4-3-10(13)7-11(12)15/h3-4,7,15H,2,5-6,8H2,1H3. The summed E-state index contributed by atoms with van der Waals surface area (Å²) < 4.78 is 11.2. The molecule has 0 radical (unpaired) electrons. The Bertz CT molecular complexity index is 379. The van der Waals surface area contributed by atoms with Gasteiger partial charge in [-0.25, -0.2) is 0 Å². The van der Waals surface area contributed by atoms with Gasteiger partial charge in [-0.05, 0) is 25.1 Å².